The van der Waals surface area contributed by atoms with Crippen molar-refractivity contribution in [2.24, 2.45) is 0 Å². The molecule has 0 aliphatic carbocycles. The van der Waals surface area contributed by atoms with Gasteiger partial charge in [0.2, 0.25) is 23.6 Å². The molecule has 0 saturated carbocycles. The minimum Gasteiger partial charge on any atom is -0.497 e. The van der Waals surface area contributed by atoms with Gasteiger partial charge in [-0.25, -0.2) is 0 Å². The Hall–Kier alpha value is -5.29. The van der Waals surface area contributed by atoms with Gasteiger partial charge in [-0.15, -0.1) is 0 Å². The molecule has 4 aromatic carbocycles. The second-order valence-corrected chi connectivity index (χ2v) is 13.1. The Morgan fingerprint density at radius 1 is 0.569 bits per heavy atom. The van der Waals surface area contributed by atoms with Crippen LogP contribution in [0, 0.1) is 0 Å². The van der Waals surface area contributed by atoms with E-state index in [1.54, 1.807) is 76.8 Å². The first kappa shape index (κ1) is 38.5. The summed E-state index contributed by atoms with van der Waals surface area (Å²) in [5.74, 6) is 1.32. The maximum absolute atomic E-state index is 13.6. The molecule has 4 rings (SSSR count). The van der Waals surface area contributed by atoms with Crippen LogP contribution in [-0.2, 0) is 32.0 Å². The van der Waals surface area contributed by atoms with E-state index in [1.807, 2.05) is 60.7 Å². The van der Waals surface area contributed by atoms with Crippen molar-refractivity contribution in [3.8, 4) is 11.5 Å². The van der Waals surface area contributed by atoms with Crippen LogP contribution < -0.4 is 29.9 Å². The molecule has 11 heteroatoms. The van der Waals surface area contributed by atoms with Gasteiger partial charge in [-0.3, -0.25) is 19.2 Å². The first-order valence-electron chi connectivity index (χ1n) is 16.8. The Bertz CT molecular complexity index is 1580. The molecule has 2 atom stereocenters. The van der Waals surface area contributed by atoms with Gasteiger partial charge in [-0.1, -0.05) is 60.7 Å². The lowest BCUT2D eigenvalue weighted by molar-refractivity contribution is -0.127. The van der Waals surface area contributed by atoms with Crippen LogP contribution in [-0.4, -0.2) is 75.5 Å². The molecule has 0 bridgehead atoms. The fourth-order valence-corrected chi connectivity index (χ4v) is 6.26. The maximum Gasteiger partial charge on any atom is 0.249 e. The van der Waals surface area contributed by atoms with E-state index in [2.05, 4.69) is 10.6 Å². The topological polar surface area (TPSA) is 117 Å². The van der Waals surface area contributed by atoms with Crippen molar-refractivity contribution in [1.29, 1.82) is 0 Å². The van der Waals surface area contributed by atoms with Crippen molar-refractivity contribution >= 4 is 46.8 Å². The second-order valence-electron chi connectivity index (χ2n) is 11.9. The molecular weight excluding hydrogens is 665 g/mol. The standard InChI is InChI=1S/C40H46N4O6S/c1-43(31-15-19-33(49-3)20-16-31)39(47)35(27-29-11-7-5-8-12-29)41-37(45)23-25-51-26-24-38(46)42-36(28-30-13-9-6-10-14-30)40(48)44(2)32-17-21-34(50-4)22-18-32/h5-22,35-36H,23-28H2,1-4H3,(H,41,45)(H,42,46)/t35-,36-/m0/s1. The van der Waals surface area contributed by atoms with Crippen LogP contribution >= 0.6 is 11.8 Å². The highest BCUT2D eigenvalue weighted by molar-refractivity contribution is 7.99. The largest absolute Gasteiger partial charge is 0.497 e. The lowest BCUT2D eigenvalue weighted by atomic mass is 10.0. The Morgan fingerprint density at radius 2 is 0.922 bits per heavy atom. The van der Waals surface area contributed by atoms with E-state index in [9.17, 15) is 19.2 Å². The number of carbonyl (C=O) groups excluding carboxylic acids is 4. The summed E-state index contributed by atoms with van der Waals surface area (Å²) in [5, 5.41) is 5.87. The van der Waals surface area contributed by atoms with E-state index in [0.29, 0.717) is 47.2 Å². The van der Waals surface area contributed by atoms with E-state index in [-0.39, 0.29) is 36.5 Å². The van der Waals surface area contributed by atoms with Gasteiger partial charge in [-0.05, 0) is 59.7 Å². The zero-order valence-corrected chi connectivity index (χ0v) is 30.4. The first-order valence-corrected chi connectivity index (χ1v) is 17.9. The summed E-state index contributed by atoms with van der Waals surface area (Å²) in [6.07, 6.45) is 1.04. The zero-order valence-electron chi connectivity index (χ0n) is 29.5. The summed E-state index contributed by atoms with van der Waals surface area (Å²) in [6, 6.07) is 31.9. The number of nitrogens with one attached hydrogen (secondary N) is 2. The summed E-state index contributed by atoms with van der Waals surface area (Å²) in [4.78, 5) is 56.4. The summed E-state index contributed by atoms with van der Waals surface area (Å²) in [7, 11) is 6.53. The van der Waals surface area contributed by atoms with Crippen molar-refractivity contribution in [2.75, 3.05) is 49.6 Å². The van der Waals surface area contributed by atoms with Crippen LogP contribution in [0.1, 0.15) is 24.0 Å². The average Bonchev–Trinajstić information content (AvgIpc) is 3.17. The van der Waals surface area contributed by atoms with Crippen LogP contribution in [0.2, 0.25) is 0 Å². The number of likely N-dealkylation sites (N-methyl/N-ethyl adjacent to an activating group) is 2. The smallest absolute Gasteiger partial charge is 0.249 e. The number of thioether (sulfide) groups is 1. The first-order chi connectivity index (χ1) is 24.7. The predicted octanol–water partition coefficient (Wildman–Crippen LogP) is 5.30. The monoisotopic (exact) mass is 710 g/mol. The van der Waals surface area contributed by atoms with E-state index in [1.165, 1.54) is 21.6 Å². The van der Waals surface area contributed by atoms with Crippen molar-refractivity contribution in [1.82, 2.24) is 10.6 Å². The summed E-state index contributed by atoms with van der Waals surface area (Å²) < 4.78 is 10.5. The fourth-order valence-electron chi connectivity index (χ4n) is 5.40. The van der Waals surface area contributed by atoms with Gasteiger partial charge in [-0.2, -0.15) is 11.8 Å². The van der Waals surface area contributed by atoms with Crippen LogP contribution in [0.15, 0.2) is 109 Å². The van der Waals surface area contributed by atoms with Gasteiger partial charge < -0.3 is 29.9 Å². The number of benzene rings is 4. The fraction of sp³-hybridized carbons (Fsp3) is 0.300. The molecule has 0 saturated heterocycles. The van der Waals surface area contributed by atoms with Crippen LogP contribution in [0.5, 0.6) is 11.5 Å². The average molecular weight is 711 g/mol. The molecule has 2 N–H and O–H groups in total. The molecule has 10 nitrogen and oxygen atoms in total. The highest BCUT2D eigenvalue weighted by Gasteiger charge is 2.27. The van der Waals surface area contributed by atoms with E-state index < -0.39 is 12.1 Å². The second kappa shape index (κ2) is 19.8. The molecule has 4 aromatic rings. The van der Waals surface area contributed by atoms with E-state index in [0.717, 1.165) is 11.1 Å². The zero-order chi connectivity index (χ0) is 36.6. The molecule has 0 aliphatic rings. The van der Waals surface area contributed by atoms with Gasteiger partial charge in [0.05, 0.1) is 14.2 Å². The molecular formula is C40H46N4O6S. The van der Waals surface area contributed by atoms with Crippen LogP contribution in [0.25, 0.3) is 0 Å². The van der Waals surface area contributed by atoms with Crippen LogP contribution in [0.3, 0.4) is 0 Å². The number of methoxy groups -OCH3 is 2. The lowest BCUT2D eigenvalue weighted by Crippen LogP contribution is -2.49. The van der Waals surface area contributed by atoms with Crippen LogP contribution in [0.4, 0.5) is 11.4 Å². The predicted molar refractivity (Wildman–Crippen MR) is 204 cm³/mol. The Balaban J connectivity index is 1.29. The number of hydrogen-bond acceptors (Lipinski definition) is 7. The number of hydrogen-bond donors (Lipinski definition) is 2. The number of nitrogens with zero attached hydrogens (tertiary/aromatic N) is 2. The summed E-state index contributed by atoms with van der Waals surface area (Å²) in [5.41, 5.74) is 3.22. The third-order valence-corrected chi connectivity index (χ3v) is 9.35. The number of ether oxygens (including phenoxy) is 2. The molecule has 268 valence electrons. The molecule has 0 radical (unpaired) electrons. The number of anilines is 2. The maximum atomic E-state index is 13.6. The molecule has 4 amide bonds. The molecule has 51 heavy (non-hydrogen) atoms. The molecule has 0 heterocycles. The molecule has 0 spiro atoms. The SMILES string of the molecule is COc1ccc(N(C)C(=O)[C@H](Cc2ccccc2)NC(=O)CCSCCC(=O)N[C@@H](Cc2ccccc2)C(=O)N(C)c2ccc(OC)cc2)cc1. The van der Waals surface area contributed by atoms with E-state index >= 15 is 0 Å². The van der Waals surface area contributed by atoms with Gasteiger partial charge in [0.1, 0.15) is 23.6 Å². The van der Waals surface area contributed by atoms with Gasteiger partial charge in [0.25, 0.3) is 0 Å². The molecule has 0 aromatic heterocycles. The summed E-state index contributed by atoms with van der Waals surface area (Å²) in [6.45, 7) is 0. The Kier molecular flexibility index (Phi) is 14.9. The number of carbonyl (C=O) groups is 4. The molecule has 0 aliphatic heterocycles. The lowest BCUT2D eigenvalue weighted by Gasteiger charge is -2.25. The molecule has 0 fully saturated rings. The minimum atomic E-state index is -0.766. The third kappa shape index (κ3) is 11.9. The van der Waals surface area contributed by atoms with Crippen molar-refractivity contribution in [3.63, 3.8) is 0 Å². The Labute approximate surface area is 304 Å². The van der Waals surface area contributed by atoms with Gasteiger partial charge in [0.15, 0.2) is 0 Å². The quantitative estimate of drug-likeness (QED) is 0.135. The minimum absolute atomic E-state index is 0.179. The highest BCUT2D eigenvalue weighted by atomic mass is 32.2. The van der Waals surface area contributed by atoms with Crippen molar-refractivity contribution < 1.29 is 28.7 Å². The number of amides is 4. The third-order valence-electron chi connectivity index (χ3n) is 8.36. The van der Waals surface area contributed by atoms with Crippen molar-refractivity contribution in [2.45, 2.75) is 37.8 Å². The number of rotatable bonds is 18. The van der Waals surface area contributed by atoms with Gasteiger partial charge >= 0.3 is 0 Å². The summed E-state index contributed by atoms with van der Waals surface area (Å²) >= 11 is 1.47. The molecule has 0 unspecified atom stereocenters. The van der Waals surface area contributed by atoms with E-state index in [4.69, 9.17) is 9.47 Å². The highest BCUT2D eigenvalue weighted by Crippen LogP contribution is 2.21. The Morgan fingerprint density at radius 3 is 1.25 bits per heavy atom. The normalized spacial score (nSPS) is 11.8. The van der Waals surface area contributed by atoms with Gasteiger partial charge in [0, 0.05) is 62.7 Å². The van der Waals surface area contributed by atoms with Crippen molar-refractivity contribution in [3.05, 3.63) is 120 Å².